The first kappa shape index (κ1) is 25.0. The molecule has 8 nitrogen and oxygen atoms in total. The Kier molecular flexibility index (Phi) is 10.2. The van der Waals surface area contributed by atoms with Crippen LogP contribution < -0.4 is 16.0 Å². The van der Waals surface area contributed by atoms with E-state index in [9.17, 15) is 4.79 Å². The molecule has 2 rings (SSSR count). The first-order chi connectivity index (χ1) is 13.3. The molecular weight excluding hydrogens is 483 g/mol. The first-order valence-electron chi connectivity index (χ1n) is 9.63. The van der Waals surface area contributed by atoms with Gasteiger partial charge in [0.2, 0.25) is 0 Å². The molecule has 162 valence electrons. The van der Waals surface area contributed by atoms with E-state index in [1.807, 2.05) is 45.9 Å². The van der Waals surface area contributed by atoms with Gasteiger partial charge in [0.1, 0.15) is 11.4 Å². The summed E-state index contributed by atoms with van der Waals surface area (Å²) in [5.41, 5.74) is 1.70. The number of rotatable bonds is 7. The maximum absolute atomic E-state index is 11.6. The zero-order chi connectivity index (χ0) is 20.6. The number of amides is 1. The third kappa shape index (κ3) is 8.46. The van der Waals surface area contributed by atoms with Gasteiger partial charge in [-0.1, -0.05) is 12.1 Å². The van der Waals surface area contributed by atoms with Crippen molar-refractivity contribution < 1.29 is 9.53 Å². The van der Waals surface area contributed by atoms with E-state index in [2.05, 4.69) is 36.6 Å². The van der Waals surface area contributed by atoms with Gasteiger partial charge in [-0.15, -0.1) is 24.0 Å². The Balaban J connectivity index is 0.00000420. The van der Waals surface area contributed by atoms with Gasteiger partial charge in [0.15, 0.2) is 5.96 Å². The summed E-state index contributed by atoms with van der Waals surface area (Å²) in [6.45, 7) is 10.2. The van der Waals surface area contributed by atoms with Gasteiger partial charge in [0, 0.05) is 33.2 Å². The van der Waals surface area contributed by atoms with Crippen molar-refractivity contribution in [2.75, 3.05) is 26.7 Å². The van der Waals surface area contributed by atoms with Crippen LogP contribution in [0, 0.1) is 6.92 Å². The number of para-hydroxylation sites is 2. The van der Waals surface area contributed by atoms with Crippen molar-refractivity contribution in [1.82, 2.24) is 25.5 Å². The summed E-state index contributed by atoms with van der Waals surface area (Å²) < 4.78 is 7.43. The molecule has 0 aliphatic carbocycles. The van der Waals surface area contributed by atoms with Crippen molar-refractivity contribution in [3.63, 3.8) is 0 Å². The van der Waals surface area contributed by atoms with Crippen molar-refractivity contribution in [2.24, 2.45) is 4.99 Å². The third-order valence-electron chi connectivity index (χ3n) is 4.01. The van der Waals surface area contributed by atoms with Gasteiger partial charge < -0.3 is 25.3 Å². The molecule has 0 fully saturated rings. The number of carbonyl (C=O) groups excluding carboxylic acids is 1. The summed E-state index contributed by atoms with van der Waals surface area (Å²) in [6, 6.07) is 8.18. The maximum Gasteiger partial charge on any atom is 0.407 e. The fourth-order valence-corrected chi connectivity index (χ4v) is 2.80. The minimum Gasteiger partial charge on any atom is -0.444 e. The van der Waals surface area contributed by atoms with Crippen LogP contribution in [0.1, 0.15) is 33.0 Å². The lowest BCUT2D eigenvalue weighted by Gasteiger charge is -2.20. The summed E-state index contributed by atoms with van der Waals surface area (Å²) >= 11 is 0. The topological polar surface area (TPSA) is 92.6 Å². The standard InChI is InChI=1S/C20H32N6O2.HI/c1-15-25-16-9-6-7-10-17(16)26(15)14-8-11-22-18(21-5)23-12-13-24-19(27)28-20(2,3)4;/h6-7,9-10H,8,11-14H2,1-5H3,(H,24,27)(H2,21,22,23);1H. The minimum atomic E-state index is -0.492. The van der Waals surface area contributed by atoms with Crippen LogP contribution in [0.15, 0.2) is 29.3 Å². The summed E-state index contributed by atoms with van der Waals surface area (Å²) in [6.07, 6.45) is 0.526. The molecule has 1 aromatic carbocycles. The predicted molar refractivity (Wildman–Crippen MR) is 128 cm³/mol. The molecule has 0 unspecified atom stereocenters. The van der Waals surface area contributed by atoms with E-state index >= 15 is 0 Å². The second-order valence-corrected chi connectivity index (χ2v) is 7.51. The number of guanidine groups is 1. The van der Waals surface area contributed by atoms with E-state index in [1.165, 1.54) is 0 Å². The summed E-state index contributed by atoms with van der Waals surface area (Å²) in [5, 5.41) is 9.17. The van der Waals surface area contributed by atoms with E-state index in [4.69, 9.17) is 4.74 Å². The SMILES string of the molecule is CN=C(NCCCn1c(C)nc2ccccc21)NCCNC(=O)OC(C)(C)C.I. The number of hydrogen-bond acceptors (Lipinski definition) is 4. The Hall–Kier alpha value is -2.04. The van der Waals surface area contributed by atoms with Crippen molar-refractivity contribution in [3.05, 3.63) is 30.1 Å². The number of ether oxygens (including phenoxy) is 1. The zero-order valence-corrected chi connectivity index (χ0v) is 20.2. The van der Waals surface area contributed by atoms with Crippen LogP contribution >= 0.6 is 24.0 Å². The van der Waals surface area contributed by atoms with Gasteiger partial charge in [-0.05, 0) is 46.2 Å². The monoisotopic (exact) mass is 516 g/mol. The van der Waals surface area contributed by atoms with E-state index < -0.39 is 11.7 Å². The molecule has 1 amide bonds. The van der Waals surface area contributed by atoms with Gasteiger partial charge in [-0.2, -0.15) is 0 Å². The zero-order valence-electron chi connectivity index (χ0n) is 17.9. The van der Waals surface area contributed by atoms with Crippen molar-refractivity contribution in [2.45, 2.75) is 46.3 Å². The molecule has 9 heteroatoms. The number of imidazole rings is 1. The molecule has 1 aromatic heterocycles. The van der Waals surface area contributed by atoms with Crippen LogP contribution in [-0.4, -0.2) is 53.9 Å². The lowest BCUT2D eigenvalue weighted by molar-refractivity contribution is 0.0529. The smallest absolute Gasteiger partial charge is 0.407 e. The number of nitrogens with one attached hydrogen (secondary N) is 3. The average Bonchev–Trinajstić information content (AvgIpc) is 2.94. The summed E-state index contributed by atoms with van der Waals surface area (Å²) in [5.74, 6) is 1.73. The van der Waals surface area contributed by atoms with Crippen LogP contribution in [0.25, 0.3) is 11.0 Å². The highest BCUT2D eigenvalue weighted by molar-refractivity contribution is 14.0. The molecule has 0 saturated heterocycles. The number of fused-ring (bicyclic) bond motifs is 1. The molecule has 3 N–H and O–H groups in total. The number of benzene rings is 1. The molecule has 0 saturated carbocycles. The van der Waals surface area contributed by atoms with Crippen LogP contribution in [0.5, 0.6) is 0 Å². The average molecular weight is 516 g/mol. The van der Waals surface area contributed by atoms with Crippen molar-refractivity contribution >= 4 is 47.1 Å². The quantitative estimate of drug-likeness (QED) is 0.228. The Morgan fingerprint density at radius 3 is 2.48 bits per heavy atom. The Bertz CT molecular complexity index is 813. The lowest BCUT2D eigenvalue weighted by atomic mass is 10.2. The van der Waals surface area contributed by atoms with Crippen molar-refractivity contribution in [3.8, 4) is 0 Å². The lowest BCUT2D eigenvalue weighted by Crippen LogP contribution is -2.42. The number of carbonyl (C=O) groups is 1. The Morgan fingerprint density at radius 2 is 1.79 bits per heavy atom. The first-order valence-corrected chi connectivity index (χ1v) is 9.63. The predicted octanol–water partition coefficient (Wildman–Crippen LogP) is 3.04. The maximum atomic E-state index is 11.6. The largest absolute Gasteiger partial charge is 0.444 e. The van der Waals surface area contributed by atoms with E-state index in [0.29, 0.717) is 19.0 Å². The Labute approximate surface area is 189 Å². The van der Waals surface area contributed by atoms with Gasteiger partial charge in [0.05, 0.1) is 11.0 Å². The number of nitrogens with zero attached hydrogens (tertiary/aromatic N) is 3. The molecule has 0 aliphatic heterocycles. The van der Waals surface area contributed by atoms with Gasteiger partial charge in [-0.3, -0.25) is 4.99 Å². The molecule has 0 aliphatic rings. The molecule has 1 heterocycles. The normalized spacial score (nSPS) is 11.7. The number of aliphatic imine (C=N–C) groups is 1. The summed E-state index contributed by atoms with van der Waals surface area (Å²) in [4.78, 5) is 20.4. The van der Waals surface area contributed by atoms with E-state index in [-0.39, 0.29) is 24.0 Å². The number of aryl methyl sites for hydroxylation is 2. The van der Waals surface area contributed by atoms with Gasteiger partial charge in [0.25, 0.3) is 0 Å². The highest BCUT2D eigenvalue weighted by atomic mass is 127. The fourth-order valence-electron chi connectivity index (χ4n) is 2.80. The van der Waals surface area contributed by atoms with Crippen LogP contribution in [-0.2, 0) is 11.3 Å². The van der Waals surface area contributed by atoms with Crippen LogP contribution in [0.2, 0.25) is 0 Å². The van der Waals surface area contributed by atoms with E-state index in [1.54, 1.807) is 7.05 Å². The molecular formula is C20H33IN6O2. The molecule has 0 radical (unpaired) electrons. The molecule has 0 spiro atoms. The second kappa shape index (κ2) is 11.8. The van der Waals surface area contributed by atoms with Crippen molar-refractivity contribution in [1.29, 1.82) is 0 Å². The van der Waals surface area contributed by atoms with Gasteiger partial charge >= 0.3 is 6.09 Å². The number of aromatic nitrogens is 2. The molecule has 2 aromatic rings. The number of alkyl carbamates (subject to hydrolysis) is 1. The Morgan fingerprint density at radius 1 is 1.14 bits per heavy atom. The minimum absolute atomic E-state index is 0. The van der Waals surface area contributed by atoms with Crippen LogP contribution in [0.4, 0.5) is 4.79 Å². The third-order valence-corrected chi connectivity index (χ3v) is 4.01. The van der Waals surface area contributed by atoms with E-state index in [0.717, 1.165) is 36.4 Å². The molecule has 0 atom stereocenters. The highest BCUT2D eigenvalue weighted by Crippen LogP contribution is 2.15. The molecule has 29 heavy (non-hydrogen) atoms. The highest BCUT2D eigenvalue weighted by Gasteiger charge is 2.15. The van der Waals surface area contributed by atoms with Gasteiger partial charge in [-0.25, -0.2) is 9.78 Å². The molecule has 0 bridgehead atoms. The summed E-state index contributed by atoms with van der Waals surface area (Å²) in [7, 11) is 1.73. The number of halogens is 1. The fraction of sp³-hybridized carbons (Fsp3) is 0.550. The number of hydrogen-bond donors (Lipinski definition) is 3. The second-order valence-electron chi connectivity index (χ2n) is 7.51. The van der Waals surface area contributed by atoms with Crippen LogP contribution in [0.3, 0.4) is 0 Å².